The van der Waals surface area contributed by atoms with Gasteiger partial charge in [0.15, 0.2) is 22.5 Å². The van der Waals surface area contributed by atoms with Crippen molar-refractivity contribution >= 4 is 28.7 Å². The molecule has 1 aromatic carbocycles. The van der Waals surface area contributed by atoms with E-state index in [1.54, 1.807) is 13.0 Å². The van der Waals surface area contributed by atoms with Crippen LogP contribution in [0.4, 0.5) is 10.5 Å². The van der Waals surface area contributed by atoms with Crippen LogP contribution in [0.1, 0.15) is 17.3 Å². The highest BCUT2D eigenvalue weighted by atomic mass is 16.5. The molecule has 4 aromatic rings. The Kier molecular flexibility index (Phi) is 5.98. The van der Waals surface area contributed by atoms with E-state index in [-0.39, 0.29) is 45.9 Å². The Bertz CT molecular complexity index is 1400. The zero-order valence-corrected chi connectivity index (χ0v) is 17.3. The van der Waals surface area contributed by atoms with Crippen LogP contribution in [-0.4, -0.2) is 33.7 Å². The summed E-state index contributed by atoms with van der Waals surface area (Å²) in [7, 11) is 0. The van der Waals surface area contributed by atoms with Crippen molar-refractivity contribution in [2.24, 2.45) is 0 Å². The van der Waals surface area contributed by atoms with Gasteiger partial charge in [-0.2, -0.15) is 0 Å². The Balaban J connectivity index is 1.79. The third kappa shape index (κ3) is 4.64. The molecular weight excluding hydrogens is 430 g/mol. The lowest BCUT2D eigenvalue weighted by Crippen LogP contribution is -2.15. The van der Waals surface area contributed by atoms with Gasteiger partial charge in [0.25, 0.3) is 0 Å². The molecule has 166 valence electrons. The molecule has 10 nitrogen and oxygen atoms in total. The first-order valence-corrected chi connectivity index (χ1v) is 9.77. The van der Waals surface area contributed by atoms with E-state index in [0.29, 0.717) is 5.39 Å². The predicted octanol–water partition coefficient (Wildman–Crippen LogP) is 3.74. The lowest BCUT2D eigenvalue weighted by molar-refractivity contribution is 0.0729. The number of esters is 1. The van der Waals surface area contributed by atoms with Gasteiger partial charge in [-0.05, 0) is 31.2 Å². The maximum absolute atomic E-state index is 12.5. The average molecular weight is 447 g/mol. The number of benzene rings is 1. The van der Waals surface area contributed by atoms with Gasteiger partial charge in [-0.25, -0.2) is 9.59 Å². The number of amides is 1. The number of carbonyl (C=O) groups excluding carboxylic acids is 2. The topological polar surface area (TPSA) is 141 Å². The highest BCUT2D eigenvalue weighted by molar-refractivity contribution is 5.94. The summed E-state index contributed by atoms with van der Waals surface area (Å²) in [6.07, 6.45) is 4.85. The van der Waals surface area contributed by atoms with Crippen molar-refractivity contribution in [3.05, 3.63) is 77.0 Å². The van der Waals surface area contributed by atoms with Crippen LogP contribution in [0.3, 0.4) is 0 Å². The molecule has 33 heavy (non-hydrogen) atoms. The second kappa shape index (κ2) is 9.18. The van der Waals surface area contributed by atoms with Crippen molar-refractivity contribution in [1.82, 2.24) is 9.97 Å². The van der Waals surface area contributed by atoms with Crippen molar-refractivity contribution in [2.75, 3.05) is 11.9 Å². The normalized spacial score (nSPS) is 10.6. The number of aromatic nitrogens is 2. The zero-order chi connectivity index (χ0) is 23.4. The first-order chi connectivity index (χ1) is 16.0. The van der Waals surface area contributed by atoms with Crippen LogP contribution in [0.15, 0.2) is 70.4 Å². The molecule has 1 amide bonds. The molecule has 10 heteroatoms. The number of rotatable bonds is 5. The van der Waals surface area contributed by atoms with Crippen molar-refractivity contribution in [3.8, 4) is 22.8 Å². The monoisotopic (exact) mass is 447 g/mol. The number of carbonyl (C=O) groups is 2. The number of anilines is 1. The molecule has 0 atom stereocenters. The molecule has 0 fully saturated rings. The van der Waals surface area contributed by atoms with E-state index in [1.807, 2.05) is 0 Å². The average Bonchev–Trinajstić information content (AvgIpc) is 2.81. The van der Waals surface area contributed by atoms with E-state index in [0.717, 1.165) is 0 Å². The fourth-order valence-electron chi connectivity index (χ4n) is 3.02. The van der Waals surface area contributed by atoms with Crippen molar-refractivity contribution in [1.29, 1.82) is 0 Å². The number of hydrogen-bond donors (Lipinski definition) is 2. The maximum atomic E-state index is 12.5. The van der Waals surface area contributed by atoms with Crippen LogP contribution < -0.4 is 15.5 Å². The molecule has 0 aliphatic carbocycles. The van der Waals surface area contributed by atoms with Gasteiger partial charge < -0.3 is 19.0 Å². The van der Waals surface area contributed by atoms with E-state index in [9.17, 15) is 19.5 Å². The Hall–Kier alpha value is -4.73. The van der Waals surface area contributed by atoms with Crippen LogP contribution in [0.25, 0.3) is 22.3 Å². The van der Waals surface area contributed by atoms with Gasteiger partial charge in [0.05, 0.1) is 29.4 Å². The van der Waals surface area contributed by atoms with Crippen LogP contribution in [0.2, 0.25) is 0 Å². The van der Waals surface area contributed by atoms with Gasteiger partial charge >= 0.3 is 12.1 Å². The van der Waals surface area contributed by atoms with Gasteiger partial charge in [-0.3, -0.25) is 20.1 Å². The molecule has 3 aromatic heterocycles. The fraction of sp³-hybridized carbons (Fsp3) is 0.0870. The van der Waals surface area contributed by atoms with Crippen LogP contribution in [0, 0.1) is 0 Å². The summed E-state index contributed by atoms with van der Waals surface area (Å²) in [5.41, 5.74) is 0.265. The number of fused-ring (bicyclic) bond motifs is 1. The molecule has 0 unspecified atom stereocenters. The summed E-state index contributed by atoms with van der Waals surface area (Å²) in [5.74, 6) is -1.38. The molecule has 2 N–H and O–H groups in total. The van der Waals surface area contributed by atoms with Crippen molar-refractivity contribution < 1.29 is 28.6 Å². The van der Waals surface area contributed by atoms with Crippen molar-refractivity contribution in [3.63, 3.8) is 0 Å². The third-order valence-electron chi connectivity index (χ3n) is 4.51. The molecule has 0 aliphatic rings. The molecular formula is C23H17N3O7. The van der Waals surface area contributed by atoms with Gasteiger partial charge in [-0.15, -0.1) is 0 Å². The number of nitrogens with one attached hydrogen (secondary N) is 1. The highest BCUT2D eigenvalue weighted by Crippen LogP contribution is 2.39. The van der Waals surface area contributed by atoms with E-state index in [4.69, 9.17) is 13.9 Å². The minimum Gasteiger partial charge on any atom is -0.504 e. The summed E-state index contributed by atoms with van der Waals surface area (Å²) in [6, 6.07) is 8.22. The third-order valence-corrected chi connectivity index (χ3v) is 4.51. The van der Waals surface area contributed by atoms with Gasteiger partial charge in [0.1, 0.15) is 5.76 Å². The number of pyridine rings is 2. The van der Waals surface area contributed by atoms with Crippen LogP contribution >= 0.6 is 0 Å². The second-order valence-electron chi connectivity index (χ2n) is 6.69. The molecule has 0 aliphatic heterocycles. The smallest absolute Gasteiger partial charge is 0.411 e. The number of hydrogen-bond acceptors (Lipinski definition) is 9. The van der Waals surface area contributed by atoms with Gasteiger partial charge in [-0.1, -0.05) is 0 Å². The lowest BCUT2D eigenvalue weighted by Gasteiger charge is -2.14. The van der Waals surface area contributed by atoms with E-state index < -0.39 is 17.8 Å². The molecule has 0 saturated carbocycles. The maximum Gasteiger partial charge on any atom is 0.411 e. The van der Waals surface area contributed by atoms with E-state index in [2.05, 4.69) is 15.3 Å². The summed E-state index contributed by atoms with van der Waals surface area (Å²) in [4.78, 5) is 44.8. The largest absolute Gasteiger partial charge is 0.504 e. The SMILES string of the molecule is CCOC(=O)Nc1cc(OC(=O)c2cccnc2)c(O)cc1-c1cc(=O)c2ccncc2o1. The summed E-state index contributed by atoms with van der Waals surface area (Å²) < 4.78 is 16.0. The number of phenolic OH excluding ortho intramolecular Hbond substituents is 1. The van der Waals surface area contributed by atoms with Gasteiger partial charge in [0, 0.05) is 36.3 Å². The molecule has 0 bridgehead atoms. The lowest BCUT2D eigenvalue weighted by atomic mass is 10.1. The Morgan fingerprint density at radius 3 is 2.70 bits per heavy atom. The number of ether oxygens (including phenoxy) is 2. The van der Waals surface area contributed by atoms with E-state index >= 15 is 0 Å². The molecule has 3 heterocycles. The Morgan fingerprint density at radius 2 is 1.94 bits per heavy atom. The van der Waals surface area contributed by atoms with E-state index in [1.165, 1.54) is 55.1 Å². The second-order valence-corrected chi connectivity index (χ2v) is 6.69. The summed E-state index contributed by atoms with van der Waals surface area (Å²) in [5, 5.41) is 13.3. The Labute approximate surface area is 186 Å². The number of aromatic hydroxyl groups is 1. The van der Waals surface area contributed by atoms with Crippen molar-refractivity contribution in [2.45, 2.75) is 6.92 Å². The number of nitrogens with zero attached hydrogens (tertiary/aromatic N) is 2. The first-order valence-electron chi connectivity index (χ1n) is 9.77. The molecule has 0 saturated heterocycles. The van der Waals surface area contributed by atoms with Crippen LogP contribution in [-0.2, 0) is 4.74 Å². The van der Waals surface area contributed by atoms with Gasteiger partial charge in [0.2, 0.25) is 0 Å². The summed E-state index contributed by atoms with van der Waals surface area (Å²) >= 11 is 0. The number of phenols is 1. The minimum absolute atomic E-state index is 0.0488. The minimum atomic E-state index is -0.793. The highest BCUT2D eigenvalue weighted by Gasteiger charge is 2.20. The zero-order valence-electron chi connectivity index (χ0n) is 17.3. The predicted molar refractivity (Wildman–Crippen MR) is 117 cm³/mol. The van der Waals surface area contributed by atoms with Crippen LogP contribution in [0.5, 0.6) is 11.5 Å². The molecule has 0 spiro atoms. The molecule has 4 rings (SSSR count). The quantitative estimate of drug-likeness (QED) is 0.266. The molecule has 0 radical (unpaired) electrons. The first kappa shape index (κ1) is 21.5. The fourth-order valence-corrected chi connectivity index (χ4v) is 3.02. The summed E-state index contributed by atoms with van der Waals surface area (Å²) in [6.45, 7) is 1.74. The standard InChI is InChI=1S/C23H17N3O7/c1-2-31-23(30)26-16-9-20(33-22(29)13-4-3-6-24-11-13)18(28)8-15(16)19-10-17(27)14-5-7-25-12-21(14)32-19/h3-12,28H,2H2,1H3,(H,26,30). The Morgan fingerprint density at radius 1 is 1.12 bits per heavy atom.